The van der Waals surface area contributed by atoms with Crippen LogP contribution < -0.4 is 10.3 Å². The Kier molecular flexibility index (Phi) is 3.53. The summed E-state index contributed by atoms with van der Waals surface area (Å²) in [5.41, 5.74) is 0.603. The first kappa shape index (κ1) is 14.7. The Hall–Kier alpha value is -3.22. The Bertz CT molecular complexity index is 961. The van der Waals surface area contributed by atoms with Crippen LogP contribution >= 0.6 is 0 Å². The van der Waals surface area contributed by atoms with Gasteiger partial charge in [0.05, 0.1) is 28.6 Å². The average molecular weight is 311 g/mol. The van der Waals surface area contributed by atoms with Crippen LogP contribution in [0, 0.1) is 17.0 Å². The van der Waals surface area contributed by atoms with E-state index in [0.29, 0.717) is 28.2 Å². The van der Waals surface area contributed by atoms with Gasteiger partial charge in [-0.15, -0.1) is 0 Å². The number of rotatable bonds is 3. The molecule has 0 aliphatic heterocycles. The molecule has 0 spiro atoms. The van der Waals surface area contributed by atoms with Crippen LogP contribution in [0.1, 0.15) is 5.82 Å². The average Bonchev–Trinajstić information content (AvgIpc) is 2.55. The minimum Gasteiger partial charge on any atom is -0.497 e. The molecule has 0 unspecified atom stereocenters. The number of nitrogens with zero attached hydrogens (tertiary/aromatic N) is 3. The summed E-state index contributed by atoms with van der Waals surface area (Å²) in [5, 5.41) is 11.2. The van der Waals surface area contributed by atoms with Gasteiger partial charge in [-0.3, -0.25) is 19.5 Å². The highest BCUT2D eigenvalue weighted by Crippen LogP contribution is 2.19. The Morgan fingerprint density at radius 3 is 2.48 bits per heavy atom. The number of fused-ring (bicyclic) bond motifs is 1. The molecule has 116 valence electrons. The molecule has 0 aliphatic rings. The molecule has 0 bridgehead atoms. The smallest absolute Gasteiger partial charge is 0.271 e. The Labute approximate surface area is 130 Å². The zero-order valence-corrected chi connectivity index (χ0v) is 12.5. The first-order chi connectivity index (χ1) is 11.0. The molecule has 0 aliphatic carbocycles. The number of nitro benzene ring substituents is 1. The molecule has 1 aromatic heterocycles. The van der Waals surface area contributed by atoms with Crippen LogP contribution in [0.3, 0.4) is 0 Å². The van der Waals surface area contributed by atoms with Crippen molar-refractivity contribution in [2.75, 3.05) is 7.11 Å². The number of aromatic nitrogens is 2. The summed E-state index contributed by atoms with van der Waals surface area (Å²) in [7, 11) is 1.57. The zero-order chi connectivity index (χ0) is 16.6. The number of nitro groups is 1. The highest BCUT2D eigenvalue weighted by Gasteiger charge is 2.13. The van der Waals surface area contributed by atoms with Crippen LogP contribution in [0.5, 0.6) is 5.75 Å². The first-order valence-corrected chi connectivity index (χ1v) is 6.83. The fraction of sp³-hybridized carbons (Fsp3) is 0.125. The van der Waals surface area contributed by atoms with Crippen molar-refractivity contribution in [3.05, 3.63) is 68.8 Å². The van der Waals surface area contributed by atoms with Crippen LogP contribution in [-0.2, 0) is 0 Å². The maximum Gasteiger partial charge on any atom is 0.271 e. The van der Waals surface area contributed by atoms with E-state index >= 15 is 0 Å². The van der Waals surface area contributed by atoms with E-state index in [4.69, 9.17) is 4.74 Å². The summed E-state index contributed by atoms with van der Waals surface area (Å²) in [5.74, 6) is 1.14. The molecule has 3 rings (SSSR count). The third-order valence-electron chi connectivity index (χ3n) is 3.56. The molecule has 1 heterocycles. The summed E-state index contributed by atoms with van der Waals surface area (Å²) >= 11 is 0. The molecule has 0 fully saturated rings. The maximum atomic E-state index is 12.7. The topological polar surface area (TPSA) is 87.3 Å². The molecule has 0 saturated carbocycles. The van der Waals surface area contributed by atoms with Gasteiger partial charge in [0.15, 0.2) is 0 Å². The van der Waals surface area contributed by atoms with Gasteiger partial charge in [0.2, 0.25) is 0 Å². The van der Waals surface area contributed by atoms with Gasteiger partial charge < -0.3 is 4.74 Å². The molecule has 0 atom stereocenters. The lowest BCUT2D eigenvalue weighted by molar-refractivity contribution is -0.384. The summed E-state index contributed by atoms with van der Waals surface area (Å²) < 4.78 is 6.57. The second kappa shape index (κ2) is 5.53. The minimum absolute atomic E-state index is 0.0917. The number of aryl methyl sites for hydroxylation is 1. The normalized spacial score (nSPS) is 10.7. The lowest BCUT2D eigenvalue weighted by Crippen LogP contribution is -2.22. The van der Waals surface area contributed by atoms with E-state index in [2.05, 4.69) is 4.98 Å². The van der Waals surface area contributed by atoms with E-state index in [-0.39, 0.29) is 11.2 Å². The van der Waals surface area contributed by atoms with Gasteiger partial charge in [-0.05, 0) is 37.3 Å². The molecule has 23 heavy (non-hydrogen) atoms. The SMILES string of the molecule is COc1ccc(-n2c(C)nc3cc([N+](=O)[O-])ccc3c2=O)cc1. The third kappa shape index (κ3) is 2.52. The Morgan fingerprint density at radius 1 is 1.17 bits per heavy atom. The molecule has 3 aromatic rings. The molecule has 0 amide bonds. The number of hydrogen-bond acceptors (Lipinski definition) is 5. The standard InChI is InChI=1S/C16H13N3O4/c1-10-17-15-9-12(19(21)22)5-8-14(15)16(20)18(10)11-3-6-13(23-2)7-4-11/h3-9H,1-2H3. The molecule has 0 saturated heterocycles. The van der Waals surface area contributed by atoms with Crippen molar-refractivity contribution < 1.29 is 9.66 Å². The molecule has 2 aromatic carbocycles. The van der Waals surface area contributed by atoms with Gasteiger partial charge in [-0.1, -0.05) is 0 Å². The molecule has 7 heteroatoms. The third-order valence-corrected chi connectivity index (χ3v) is 3.56. The maximum absolute atomic E-state index is 12.7. The van der Waals surface area contributed by atoms with Gasteiger partial charge >= 0.3 is 0 Å². The monoisotopic (exact) mass is 311 g/mol. The number of hydrogen-bond donors (Lipinski definition) is 0. The Morgan fingerprint density at radius 2 is 1.87 bits per heavy atom. The van der Waals surface area contributed by atoms with Crippen molar-refractivity contribution in [1.82, 2.24) is 9.55 Å². The number of ether oxygens (including phenoxy) is 1. The predicted octanol–water partition coefficient (Wildman–Crippen LogP) is 2.61. The minimum atomic E-state index is -0.508. The summed E-state index contributed by atoms with van der Waals surface area (Å²) in [6.07, 6.45) is 0. The van der Waals surface area contributed by atoms with Crippen molar-refractivity contribution >= 4 is 16.6 Å². The first-order valence-electron chi connectivity index (χ1n) is 6.83. The summed E-state index contributed by atoms with van der Waals surface area (Å²) in [6, 6.07) is 11.1. The van der Waals surface area contributed by atoms with Crippen LogP contribution in [0.25, 0.3) is 16.6 Å². The number of benzene rings is 2. The van der Waals surface area contributed by atoms with Crippen molar-refractivity contribution in [3.8, 4) is 11.4 Å². The van der Waals surface area contributed by atoms with Gasteiger partial charge in [0.1, 0.15) is 11.6 Å². The lowest BCUT2D eigenvalue weighted by atomic mass is 10.2. The molecule has 0 N–H and O–H groups in total. The molecular formula is C16H13N3O4. The van der Waals surface area contributed by atoms with E-state index in [0.717, 1.165) is 0 Å². The molecular weight excluding hydrogens is 298 g/mol. The van der Waals surface area contributed by atoms with E-state index in [1.165, 1.54) is 22.8 Å². The van der Waals surface area contributed by atoms with Gasteiger partial charge in [-0.25, -0.2) is 4.98 Å². The van der Waals surface area contributed by atoms with E-state index in [1.54, 1.807) is 38.3 Å². The van der Waals surface area contributed by atoms with Crippen molar-refractivity contribution in [1.29, 1.82) is 0 Å². The quantitative estimate of drug-likeness (QED) is 0.548. The van der Waals surface area contributed by atoms with Crippen LogP contribution in [0.2, 0.25) is 0 Å². The van der Waals surface area contributed by atoms with Crippen molar-refractivity contribution in [3.63, 3.8) is 0 Å². The zero-order valence-electron chi connectivity index (χ0n) is 12.5. The highest BCUT2D eigenvalue weighted by atomic mass is 16.6. The molecule has 7 nitrogen and oxygen atoms in total. The van der Waals surface area contributed by atoms with Gasteiger partial charge in [0.25, 0.3) is 11.2 Å². The van der Waals surface area contributed by atoms with E-state index < -0.39 is 4.92 Å². The fourth-order valence-electron chi connectivity index (χ4n) is 2.43. The largest absolute Gasteiger partial charge is 0.497 e. The Balaban J connectivity index is 2.23. The van der Waals surface area contributed by atoms with Crippen LogP contribution in [-0.4, -0.2) is 21.6 Å². The van der Waals surface area contributed by atoms with E-state index in [1.807, 2.05) is 0 Å². The van der Waals surface area contributed by atoms with Gasteiger partial charge in [0, 0.05) is 12.1 Å². The lowest BCUT2D eigenvalue weighted by Gasteiger charge is -2.11. The number of non-ortho nitro benzene ring substituents is 1. The fourth-order valence-corrected chi connectivity index (χ4v) is 2.43. The summed E-state index contributed by atoms with van der Waals surface area (Å²) in [6.45, 7) is 1.68. The van der Waals surface area contributed by atoms with Crippen LogP contribution in [0.4, 0.5) is 5.69 Å². The second-order valence-electron chi connectivity index (χ2n) is 4.96. The summed E-state index contributed by atoms with van der Waals surface area (Å²) in [4.78, 5) is 27.4. The highest BCUT2D eigenvalue weighted by molar-refractivity contribution is 5.80. The molecule has 0 radical (unpaired) electrons. The number of methoxy groups -OCH3 is 1. The van der Waals surface area contributed by atoms with Gasteiger partial charge in [-0.2, -0.15) is 0 Å². The van der Waals surface area contributed by atoms with Crippen molar-refractivity contribution in [2.45, 2.75) is 6.92 Å². The van der Waals surface area contributed by atoms with Crippen molar-refractivity contribution in [2.24, 2.45) is 0 Å². The second-order valence-corrected chi connectivity index (χ2v) is 4.96. The predicted molar refractivity (Wildman–Crippen MR) is 85.3 cm³/mol. The van der Waals surface area contributed by atoms with Crippen LogP contribution in [0.15, 0.2) is 47.3 Å². The van der Waals surface area contributed by atoms with E-state index in [9.17, 15) is 14.9 Å².